The van der Waals surface area contributed by atoms with Gasteiger partial charge in [0.25, 0.3) is 0 Å². The molecule has 0 amide bonds. The van der Waals surface area contributed by atoms with Gasteiger partial charge in [-0.3, -0.25) is 0 Å². The van der Waals surface area contributed by atoms with Crippen LogP contribution in [0, 0.1) is 0 Å². The highest BCUT2D eigenvalue weighted by Gasteiger charge is 2.25. The Kier molecular flexibility index (Phi) is 3.97. The van der Waals surface area contributed by atoms with Gasteiger partial charge in [-0.05, 0) is 19.8 Å². The van der Waals surface area contributed by atoms with Gasteiger partial charge in [0.2, 0.25) is 10.0 Å². The number of alkyl halides is 1. The smallest absolute Gasteiger partial charge is 0.225 e. The Hall–Kier alpha value is 0.160. The molecule has 0 aromatic rings. The maximum Gasteiger partial charge on any atom is 0.225 e. The van der Waals surface area contributed by atoms with Crippen LogP contribution in [0.2, 0.25) is 0 Å². The lowest BCUT2D eigenvalue weighted by atomic mass is 10.1. The van der Waals surface area contributed by atoms with Crippen molar-refractivity contribution in [2.24, 2.45) is 0 Å². The second kappa shape index (κ2) is 4.59. The van der Waals surface area contributed by atoms with Gasteiger partial charge in [0.05, 0.1) is 6.10 Å². The van der Waals surface area contributed by atoms with Crippen LogP contribution in [0.3, 0.4) is 0 Å². The number of rotatable bonds is 4. The molecule has 13 heavy (non-hydrogen) atoms. The van der Waals surface area contributed by atoms with Crippen LogP contribution in [0.4, 0.5) is 0 Å². The second-order valence-corrected chi connectivity index (χ2v) is 5.52. The zero-order valence-corrected chi connectivity index (χ0v) is 9.07. The zero-order chi connectivity index (χ0) is 9.90. The summed E-state index contributed by atoms with van der Waals surface area (Å²) < 4.78 is 29.9. The maximum absolute atomic E-state index is 11.1. The van der Waals surface area contributed by atoms with E-state index in [1.807, 2.05) is 0 Å². The van der Waals surface area contributed by atoms with Gasteiger partial charge in [-0.2, -0.15) is 0 Å². The van der Waals surface area contributed by atoms with Crippen LogP contribution in [0.15, 0.2) is 0 Å². The third-order valence-electron chi connectivity index (χ3n) is 2.03. The SMILES string of the molecule is CC(NS(=O)(=O)CCl)C1CCCO1. The van der Waals surface area contributed by atoms with Crippen LogP contribution in [-0.4, -0.2) is 32.4 Å². The van der Waals surface area contributed by atoms with E-state index >= 15 is 0 Å². The summed E-state index contributed by atoms with van der Waals surface area (Å²) >= 11 is 5.25. The summed E-state index contributed by atoms with van der Waals surface area (Å²) in [6.07, 6.45) is 1.90. The molecule has 0 bridgehead atoms. The maximum atomic E-state index is 11.1. The number of sulfonamides is 1. The molecule has 0 aromatic heterocycles. The molecule has 1 saturated heterocycles. The molecule has 1 N–H and O–H groups in total. The first-order valence-electron chi connectivity index (χ1n) is 4.23. The molecule has 78 valence electrons. The van der Waals surface area contributed by atoms with E-state index in [0.717, 1.165) is 19.4 Å². The summed E-state index contributed by atoms with van der Waals surface area (Å²) in [5.41, 5.74) is 0. The Morgan fingerprint density at radius 2 is 2.38 bits per heavy atom. The minimum absolute atomic E-state index is 0.00186. The van der Waals surface area contributed by atoms with Gasteiger partial charge in [-0.15, -0.1) is 11.6 Å². The number of halogens is 1. The average molecular weight is 228 g/mol. The molecule has 4 nitrogen and oxygen atoms in total. The van der Waals surface area contributed by atoms with Crippen molar-refractivity contribution in [1.29, 1.82) is 0 Å². The summed E-state index contributed by atoms with van der Waals surface area (Å²) in [5.74, 6) is 0. The molecule has 2 atom stereocenters. The Labute approximate surface area is 83.7 Å². The van der Waals surface area contributed by atoms with Crippen molar-refractivity contribution in [2.75, 3.05) is 11.8 Å². The summed E-state index contributed by atoms with van der Waals surface area (Å²) in [5, 5.41) is -0.399. The van der Waals surface area contributed by atoms with E-state index in [-0.39, 0.29) is 12.1 Å². The van der Waals surface area contributed by atoms with E-state index in [1.54, 1.807) is 6.92 Å². The highest BCUT2D eigenvalue weighted by atomic mass is 35.5. The van der Waals surface area contributed by atoms with E-state index in [4.69, 9.17) is 16.3 Å². The van der Waals surface area contributed by atoms with Crippen LogP contribution in [0.5, 0.6) is 0 Å². The van der Waals surface area contributed by atoms with Crippen molar-refractivity contribution in [1.82, 2.24) is 4.72 Å². The van der Waals surface area contributed by atoms with E-state index < -0.39 is 15.2 Å². The van der Waals surface area contributed by atoms with Crippen molar-refractivity contribution in [2.45, 2.75) is 31.9 Å². The van der Waals surface area contributed by atoms with Gasteiger partial charge in [0, 0.05) is 12.6 Å². The lowest BCUT2D eigenvalue weighted by molar-refractivity contribution is 0.0903. The number of hydrogen-bond donors (Lipinski definition) is 1. The largest absolute Gasteiger partial charge is 0.377 e. The van der Waals surface area contributed by atoms with E-state index in [1.165, 1.54) is 0 Å². The molecule has 1 rings (SSSR count). The molecule has 6 heteroatoms. The first-order chi connectivity index (χ1) is 6.05. The summed E-state index contributed by atoms with van der Waals surface area (Å²) in [6.45, 7) is 2.51. The second-order valence-electron chi connectivity index (χ2n) is 3.18. The van der Waals surface area contributed by atoms with Gasteiger partial charge in [0.1, 0.15) is 5.21 Å². The predicted octanol–water partition coefficient (Wildman–Crippen LogP) is 0.670. The van der Waals surface area contributed by atoms with Crippen molar-refractivity contribution in [3.05, 3.63) is 0 Å². The van der Waals surface area contributed by atoms with Crippen molar-refractivity contribution in [3.63, 3.8) is 0 Å². The van der Waals surface area contributed by atoms with Gasteiger partial charge in [-0.1, -0.05) is 0 Å². The number of ether oxygens (including phenoxy) is 1. The normalized spacial score (nSPS) is 26.2. The third-order valence-corrected chi connectivity index (χ3v) is 3.91. The summed E-state index contributed by atoms with van der Waals surface area (Å²) in [4.78, 5) is 0. The van der Waals surface area contributed by atoms with Gasteiger partial charge in [0.15, 0.2) is 0 Å². The molecule has 2 unspecified atom stereocenters. The fraction of sp³-hybridized carbons (Fsp3) is 1.00. The monoisotopic (exact) mass is 227 g/mol. The van der Waals surface area contributed by atoms with E-state index in [0.29, 0.717) is 0 Å². The minimum Gasteiger partial charge on any atom is -0.377 e. The lowest BCUT2D eigenvalue weighted by Crippen LogP contribution is -2.41. The molecule has 0 saturated carbocycles. The van der Waals surface area contributed by atoms with Crippen LogP contribution in [-0.2, 0) is 14.8 Å². The van der Waals surface area contributed by atoms with E-state index in [9.17, 15) is 8.42 Å². The Morgan fingerprint density at radius 1 is 1.69 bits per heavy atom. The molecule has 0 aromatic carbocycles. The fourth-order valence-electron chi connectivity index (χ4n) is 1.39. The first kappa shape index (κ1) is 11.2. The first-order valence-corrected chi connectivity index (χ1v) is 6.41. The van der Waals surface area contributed by atoms with Crippen LogP contribution < -0.4 is 4.72 Å². The third kappa shape index (κ3) is 3.42. The highest BCUT2D eigenvalue weighted by molar-refractivity contribution is 7.90. The minimum atomic E-state index is -3.32. The fourth-order valence-corrected chi connectivity index (χ4v) is 2.36. The standard InChI is InChI=1S/C7H14ClNO3S/c1-6(7-3-2-4-12-7)9-13(10,11)5-8/h6-7,9H,2-5H2,1H3. The van der Waals surface area contributed by atoms with Crippen LogP contribution >= 0.6 is 11.6 Å². The molecular weight excluding hydrogens is 214 g/mol. The Bertz CT molecular complexity index is 248. The van der Waals surface area contributed by atoms with Gasteiger partial charge in [-0.25, -0.2) is 13.1 Å². The predicted molar refractivity (Wildman–Crippen MR) is 51.2 cm³/mol. The molecule has 0 aliphatic carbocycles. The van der Waals surface area contributed by atoms with E-state index in [2.05, 4.69) is 4.72 Å². The summed E-state index contributed by atoms with van der Waals surface area (Å²) in [7, 11) is -3.32. The van der Waals surface area contributed by atoms with Crippen molar-refractivity contribution in [3.8, 4) is 0 Å². The molecular formula is C7H14ClNO3S. The zero-order valence-electron chi connectivity index (χ0n) is 7.49. The highest BCUT2D eigenvalue weighted by Crippen LogP contribution is 2.15. The summed E-state index contributed by atoms with van der Waals surface area (Å²) in [6, 6.07) is -0.189. The molecule has 0 radical (unpaired) electrons. The van der Waals surface area contributed by atoms with Crippen LogP contribution in [0.25, 0.3) is 0 Å². The Balaban J connectivity index is 2.44. The lowest BCUT2D eigenvalue weighted by Gasteiger charge is -2.18. The van der Waals surface area contributed by atoms with Gasteiger partial charge >= 0.3 is 0 Å². The molecule has 0 spiro atoms. The van der Waals surface area contributed by atoms with Gasteiger partial charge < -0.3 is 4.74 Å². The number of hydrogen-bond acceptors (Lipinski definition) is 3. The number of nitrogens with one attached hydrogen (secondary N) is 1. The quantitative estimate of drug-likeness (QED) is 0.719. The molecule has 1 fully saturated rings. The Morgan fingerprint density at radius 3 is 2.85 bits per heavy atom. The van der Waals surface area contributed by atoms with Crippen LogP contribution in [0.1, 0.15) is 19.8 Å². The molecule has 1 aliphatic rings. The molecule has 1 aliphatic heterocycles. The van der Waals surface area contributed by atoms with Crippen molar-refractivity contribution < 1.29 is 13.2 Å². The topological polar surface area (TPSA) is 55.4 Å². The van der Waals surface area contributed by atoms with Crippen molar-refractivity contribution >= 4 is 21.6 Å². The molecule has 1 heterocycles. The average Bonchev–Trinajstić information content (AvgIpc) is 2.55.